The second kappa shape index (κ2) is 7.25. The number of ether oxygens (including phenoxy) is 1. The highest BCUT2D eigenvalue weighted by Gasteiger charge is 2.44. The van der Waals surface area contributed by atoms with Gasteiger partial charge in [0.25, 0.3) is 0 Å². The van der Waals surface area contributed by atoms with Crippen molar-refractivity contribution in [3.63, 3.8) is 0 Å². The normalized spacial score (nSPS) is 27.2. The van der Waals surface area contributed by atoms with Crippen molar-refractivity contribution < 1.29 is 9.53 Å². The minimum atomic E-state index is -0.763. The lowest BCUT2D eigenvalue weighted by molar-refractivity contribution is -0.147. The summed E-state index contributed by atoms with van der Waals surface area (Å²) in [5, 5.41) is 0. The molecule has 0 bridgehead atoms. The molecule has 2 unspecified atom stereocenters. The van der Waals surface area contributed by atoms with Gasteiger partial charge >= 0.3 is 5.97 Å². The third-order valence-electron chi connectivity index (χ3n) is 4.69. The fourth-order valence-corrected chi connectivity index (χ4v) is 3.16. The first-order chi connectivity index (χ1) is 9.00. The van der Waals surface area contributed by atoms with Crippen LogP contribution in [0.1, 0.15) is 52.9 Å². The molecule has 0 aromatic carbocycles. The van der Waals surface area contributed by atoms with Crippen molar-refractivity contribution in [2.75, 3.05) is 20.2 Å². The number of esters is 1. The fourth-order valence-electron chi connectivity index (χ4n) is 3.16. The highest BCUT2D eigenvalue weighted by molar-refractivity contribution is 5.81. The minimum Gasteiger partial charge on any atom is -0.468 e. The van der Waals surface area contributed by atoms with Crippen LogP contribution in [0.2, 0.25) is 0 Å². The molecule has 1 saturated carbocycles. The molecule has 0 saturated heterocycles. The predicted octanol–water partition coefficient (Wildman–Crippen LogP) is 2.17. The van der Waals surface area contributed by atoms with Crippen LogP contribution in [0.4, 0.5) is 0 Å². The summed E-state index contributed by atoms with van der Waals surface area (Å²) in [6.45, 7) is 8.83. The molecule has 2 atom stereocenters. The van der Waals surface area contributed by atoms with Crippen LogP contribution in [-0.4, -0.2) is 42.6 Å². The van der Waals surface area contributed by atoms with Crippen LogP contribution in [0.3, 0.4) is 0 Å². The molecule has 0 spiro atoms. The average Bonchev–Trinajstić information content (AvgIpc) is 2.83. The number of carbonyl (C=O) groups excluding carboxylic acids is 1. The molecule has 0 radical (unpaired) electrons. The van der Waals surface area contributed by atoms with Gasteiger partial charge in [0.1, 0.15) is 5.54 Å². The van der Waals surface area contributed by atoms with Crippen LogP contribution in [0.25, 0.3) is 0 Å². The first-order valence-electron chi connectivity index (χ1n) is 7.62. The van der Waals surface area contributed by atoms with E-state index in [2.05, 4.69) is 25.7 Å². The van der Waals surface area contributed by atoms with Gasteiger partial charge in [0, 0.05) is 12.6 Å². The molecule has 112 valence electrons. The second-order valence-electron chi connectivity index (χ2n) is 5.81. The molecule has 1 fully saturated rings. The van der Waals surface area contributed by atoms with E-state index in [0.717, 1.165) is 38.3 Å². The molecule has 1 aliphatic carbocycles. The standard InChI is InChI=1S/C15H30N2O2/c1-5-12(6-2)11-17(7-3)13-8-9-15(16,10-13)14(18)19-4/h12-13H,5-11,16H2,1-4H3. The van der Waals surface area contributed by atoms with Gasteiger partial charge in [-0.05, 0) is 31.7 Å². The first kappa shape index (κ1) is 16.4. The van der Waals surface area contributed by atoms with E-state index in [4.69, 9.17) is 10.5 Å². The molecular weight excluding hydrogens is 240 g/mol. The average molecular weight is 270 g/mol. The molecule has 1 rings (SSSR count). The summed E-state index contributed by atoms with van der Waals surface area (Å²) < 4.78 is 4.84. The Kier molecular flexibility index (Phi) is 6.27. The molecule has 0 aliphatic heterocycles. The number of nitrogens with zero attached hydrogens (tertiary/aromatic N) is 1. The van der Waals surface area contributed by atoms with Gasteiger partial charge in [-0.1, -0.05) is 33.6 Å². The van der Waals surface area contributed by atoms with Gasteiger partial charge in [-0.3, -0.25) is 4.79 Å². The molecule has 4 nitrogen and oxygen atoms in total. The van der Waals surface area contributed by atoms with Crippen molar-refractivity contribution in [2.24, 2.45) is 11.7 Å². The largest absolute Gasteiger partial charge is 0.468 e. The summed E-state index contributed by atoms with van der Waals surface area (Å²) in [6.07, 6.45) is 4.89. The van der Waals surface area contributed by atoms with Crippen molar-refractivity contribution in [3.05, 3.63) is 0 Å². The number of hydrogen-bond donors (Lipinski definition) is 1. The highest BCUT2D eigenvalue weighted by atomic mass is 16.5. The quantitative estimate of drug-likeness (QED) is 0.720. The Morgan fingerprint density at radius 1 is 1.42 bits per heavy atom. The lowest BCUT2D eigenvalue weighted by Gasteiger charge is -2.31. The van der Waals surface area contributed by atoms with Gasteiger partial charge in [-0.2, -0.15) is 0 Å². The number of rotatable bonds is 7. The Balaban J connectivity index is 2.62. The molecule has 0 aromatic rings. The van der Waals surface area contributed by atoms with Gasteiger partial charge in [0.2, 0.25) is 0 Å². The number of nitrogens with two attached hydrogens (primary N) is 1. The Morgan fingerprint density at radius 2 is 2.05 bits per heavy atom. The summed E-state index contributed by atoms with van der Waals surface area (Å²) in [7, 11) is 1.42. The maximum Gasteiger partial charge on any atom is 0.325 e. The summed E-state index contributed by atoms with van der Waals surface area (Å²) in [4.78, 5) is 14.3. The lowest BCUT2D eigenvalue weighted by atomic mass is 9.98. The van der Waals surface area contributed by atoms with E-state index in [9.17, 15) is 4.79 Å². The van der Waals surface area contributed by atoms with E-state index < -0.39 is 5.54 Å². The maximum absolute atomic E-state index is 11.8. The lowest BCUT2D eigenvalue weighted by Crippen LogP contribution is -2.48. The molecule has 0 amide bonds. The molecule has 0 aromatic heterocycles. The van der Waals surface area contributed by atoms with Crippen molar-refractivity contribution in [1.82, 2.24) is 4.90 Å². The minimum absolute atomic E-state index is 0.256. The van der Waals surface area contributed by atoms with E-state index in [-0.39, 0.29) is 5.97 Å². The summed E-state index contributed by atoms with van der Waals surface area (Å²) in [5.74, 6) is 0.486. The first-order valence-corrected chi connectivity index (χ1v) is 7.62. The van der Waals surface area contributed by atoms with Crippen molar-refractivity contribution in [3.8, 4) is 0 Å². The van der Waals surface area contributed by atoms with E-state index in [1.807, 2.05) is 0 Å². The third-order valence-corrected chi connectivity index (χ3v) is 4.69. The van der Waals surface area contributed by atoms with E-state index >= 15 is 0 Å². The van der Waals surface area contributed by atoms with Crippen LogP contribution >= 0.6 is 0 Å². The maximum atomic E-state index is 11.8. The van der Waals surface area contributed by atoms with Gasteiger partial charge in [-0.25, -0.2) is 0 Å². The smallest absolute Gasteiger partial charge is 0.325 e. The van der Waals surface area contributed by atoms with Crippen LogP contribution < -0.4 is 5.73 Å². The van der Waals surface area contributed by atoms with Crippen LogP contribution in [0, 0.1) is 5.92 Å². The van der Waals surface area contributed by atoms with E-state index in [1.54, 1.807) is 0 Å². The van der Waals surface area contributed by atoms with Crippen molar-refractivity contribution in [2.45, 2.75) is 64.5 Å². The zero-order valence-corrected chi connectivity index (χ0v) is 12.9. The zero-order valence-electron chi connectivity index (χ0n) is 12.9. The number of hydrogen-bond acceptors (Lipinski definition) is 4. The number of carbonyl (C=O) groups is 1. The Morgan fingerprint density at radius 3 is 2.53 bits per heavy atom. The molecule has 4 heteroatoms. The van der Waals surface area contributed by atoms with Crippen molar-refractivity contribution in [1.29, 1.82) is 0 Å². The van der Waals surface area contributed by atoms with Gasteiger partial charge in [0.15, 0.2) is 0 Å². The van der Waals surface area contributed by atoms with E-state index in [0.29, 0.717) is 6.04 Å². The molecule has 2 N–H and O–H groups in total. The monoisotopic (exact) mass is 270 g/mol. The summed E-state index contributed by atoms with van der Waals surface area (Å²) in [6, 6.07) is 0.426. The van der Waals surface area contributed by atoms with Crippen molar-refractivity contribution >= 4 is 5.97 Å². The zero-order chi connectivity index (χ0) is 14.5. The van der Waals surface area contributed by atoms with Crippen LogP contribution in [-0.2, 0) is 9.53 Å². The Hall–Kier alpha value is -0.610. The highest BCUT2D eigenvalue weighted by Crippen LogP contribution is 2.32. The molecule has 0 heterocycles. The van der Waals surface area contributed by atoms with Gasteiger partial charge < -0.3 is 15.4 Å². The molecule has 19 heavy (non-hydrogen) atoms. The Bertz CT molecular complexity index is 292. The molecular formula is C15H30N2O2. The van der Waals surface area contributed by atoms with E-state index in [1.165, 1.54) is 20.0 Å². The van der Waals surface area contributed by atoms with Crippen LogP contribution in [0.5, 0.6) is 0 Å². The van der Waals surface area contributed by atoms with Crippen LogP contribution in [0.15, 0.2) is 0 Å². The Labute approximate surface area is 117 Å². The topological polar surface area (TPSA) is 55.6 Å². The van der Waals surface area contributed by atoms with Gasteiger partial charge in [0.05, 0.1) is 7.11 Å². The second-order valence-corrected chi connectivity index (χ2v) is 5.81. The predicted molar refractivity (Wildman–Crippen MR) is 77.9 cm³/mol. The number of methoxy groups -OCH3 is 1. The third kappa shape index (κ3) is 3.93. The fraction of sp³-hybridized carbons (Fsp3) is 0.933. The van der Waals surface area contributed by atoms with Gasteiger partial charge in [-0.15, -0.1) is 0 Å². The summed E-state index contributed by atoms with van der Waals surface area (Å²) >= 11 is 0. The molecule has 1 aliphatic rings. The summed E-state index contributed by atoms with van der Waals surface area (Å²) in [5.41, 5.74) is 5.43. The SMILES string of the molecule is CCC(CC)CN(CC)C1CCC(N)(C(=O)OC)C1.